The first-order chi connectivity index (χ1) is 13.9. The SMILES string of the molecule is CC(=O)c1ccc(-c2ccc(/C=C3/NC(=O)N(c4ccc(Cl)cc4)C3=O)o2)cc1. The third-order valence-electron chi connectivity index (χ3n) is 4.45. The molecule has 1 N–H and O–H groups in total. The van der Waals surface area contributed by atoms with E-state index in [0.29, 0.717) is 27.8 Å². The number of nitrogens with one attached hydrogen (secondary N) is 1. The molecule has 2 heterocycles. The van der Waals surface area contributed by atoms with Crippen LogP contribution in [-0.4, -0.2) is 17.7 Å². The number of anilines is 1. The van der Waals surface area contributed by atoms with Gasteiger partial charge in [0.2, 0.25) is 0 Å². The number of furan rings is 1. The first-order valence-corrected chi connectivity index (χ1v) is 9.14. The zero-order valence-corrected chi connectivity index (χ0v) is 16.1. The molecule has 0 atom stereocenters. The van der Waals surface area contributed by atoms with Crippen molar-refractivity contribution < 1.29 is 18.8 Å². The molecule has 1 fully saturated rings. The molecule has 3 amide bonds. The molecule has 0 aliphatic carbocycles. The van der Waals surface area contributed by atoms with Crippen LogP contribution >= 0.6 is 11.6 Å². The van der Waals surface area contributed by atoms with Gasteiger partial charge in [-0.2, -0.15) is 0 Å². The molecule has 0 radical (unpaired) electrons. The van der Waals surface area contributed by atoms with Gasteiger partial charge in [0.25, 0.3) is 5.91 Å². The van der Waals surface area contributed by atoms with Crippen LogP contribution < -0.4 is 10.2 Å². The van der Waals surface area contributed by atoms with E-state index in [1.54, 1.807) is 60.7 Å². The predicted molar refractivity (Wildman–Crippen MR) is 110 cm³/mol. The second-order valence-electron chi connectivity index (χ2n) is 6.44. The maximum Gasteiger partial charge on any atom is 0.333 e. The van der Waals surface area contributed by atoms with Crippen molar-refractivity contribution in [2.45, 2.75) is 6.92 Å². The van der Waals surface area contributed by atoms with Crippen molar-refractivity contribution in [3.05, 3.63) is 82.7 Å². The number of hydrogen-bond donors (Lipinski definition) is 1. The van der Waals surface area contributed by atoms with Crippen molar-refractivity contribution >= 4 is 41.1 Å². The van der Waals surface area contributed by atoms with Crippen LogP contribution in [0.2, 0.25) is 5.02 Å². The Hall–Kier alpha value is -3.64. The third-order valence-corrected chi connectivity index (χ3v) is 4.70. The van der Waals surface area contributed by atoms with Crippen LogP contribution in [0, 0.1) is 0 Å². The average Bonchev–Trinajstić information content (AvgIpc) is 3.28. The first-order valence-electron chi connectivity index (χ1n) is 8.76. The quantitative estimate of drug-likeness (QED) is 0.379. The molecular formula is C22H15ClN2O4. The summed E-state index contributed by atoms with van der Waals surface area (Å²) in [4.78, 5) is 37.3. The van der Waals surface area contributed by atoms with Gasteiger partial charge in [0.15, 0.2) is 5.78 Å². The summed E-state index contributed by atoms with van der Waals surface area (Å²) in [6.07, 6.45) is 1.48. The van der Waals surface area contributed by atoms with E-state index < -0.39 is 11.9 Å². The van der Waals surface area contributed by atoms with Gasteiger partial charge in [-0.15, -0.1) is 0 Å². The Kier molecular flexibility index (Phi) is 4.78. The Morgan fingerprint density at radius 2 is 1.69 bits per heavy atom. The van der Waals surface area contributed by atoms with E-state index in [1.165, 1.54) is 13.0 Å². The monoisotopic (exact) mass is 406 g/mol. The summed E-state index contributed by atoms with van der Waals surface area (Å²) in [5, 5.41) is 3.06. The van der Waals surface area contributed by atoms with Crippen molar-refractivity contribution in [3.63, 3.8) is 0 Å². The molecule has 144 valence electrons. The number of hydrogen-bond acceptors (Lipinski definition) is 4. The molecule has 4 rings (SSSR count). The Labute approximate surface area is 171 Å². The lowest BCUT2D eigenvalue weighted by molar-refractivity contribution is -0.113. The van der Waals surface area contributed by atoms with Crippen molar-refractivity contribution in [1.82, 2.24) is 5.32 Å². The molecule has 0 spiro atoms. The number of ketones is 1. The highest BCUT2D eigenvalue weighted by Gasteiger charge is 2.35. The molecular weight excluding hydrogens is 392 g/mol. The van der Waals surface area contributed by atoms with Gasteiger partial charge in [-0.25, -0.2) is 9.69 Å². The number of urea groups is 1. The van der Waals surface area contributed by atoms with Gasteiger partial charge >= 0.3 is 6.03 Å². The van der Waals surface area contributed by atoms with Crippen LogP contribution in [-0.2, 0) is 4.79 Å². The molecule has 1 aromatic heterocycles. The molecule has 0 saturated carbocycles. The zero-order chi connectivity index (χ0) is 20.5. The molecule has 6 nitrogen and oxygen atoms in total. The summed E-state index contributed by atoms with van der Waals surface area (Å²) in [6.45, 7) is 1.51. The van der Waals surface area contributed by atoms with Crippen LogP contribution in [0.4, 0.5) is 10.5 Å². The number of halogens is 1. The third kappa shape index (κ3) is 3.70. The Morgan fingerprint density at radius 3 is 2.34 bits per heavy atom. The van der Waals surface area contributed by atoms with E-state index in [2.05, 4.69) is 5.32 Å². The second kappa shape index (κ2) is 7.41. The van der Waals surface area contributed by atoms with Gasteiger partial charge in [-0.3, -0.25) is 9.59 Å². The van der Waals surface area contributed by atoms with Crippen molar-refractivity contribution in [2.75, 3.05) is 4.90 Å². The fraction of sp³-hybridized carbons (Fsp3) is 0.0455. The van der Waals surface area contributed by atoms with Crippen molar-refractivity contribution in [3.8, 4) is 11.3 Å². The van der Waals surface area contributed by atoms with E-state index in [4.69, 9.17) is 16.0 Å². The van der Waals surface area contributed by atoms with E-state index in [0.717, 1.165) is 10.5 Å². The smallest absolute Gasteiger partial charge is 0.333 e. The fourth-order valence-electron chi connectivity index (χ4n) is 2.96. The van der Waals surface area contributed by atoms with Crippen LogP contribution in [0.3, 0.4) is 0 Å². The largest absolute Gasteiger partial charge is 0.457 e. The van der Waals surface area contributed by atoms with E-state index in [-0.39, 0.29) is 11.5 Å². The molecule has 1 aliphatic rings. The molecule has 3 aromatic rings. The number of benzene rings is 2. The second-order valence-corrected chi connectivity index (χ2v) is 6.88. The van der Waals surface area contributed by atoms with E-state index in [9.17, 15) is 14.4 Å². The predicted octanol–water partition coefficient (Wildman–Crippen LogP) is 4.90. The molecule has 0 unspecified atom stereocenters. The van der Waals surface area contributed by atoms with Gasteiger partial charge in [0.05, 0.1) is 5.69 Å². The van der Waals surface area contributed by atoms with E-state index in [1.807, 2.05) is 0 Å². The number of rotatable bonds is 4. The Bertz CT molecular complexity index is 1140. The first kappa shape index (κ1) is 18.7. The number of carbonyl (C=O) groups is 3. The fourth-order valence-corrected chi connectivity index (χ4v) is 3.08. The molecule has 2 aromatic carbocycles. The summed E-state index contributed by atoms with van der Waals surface area (Å²) in [7, 11) is 0. The zero-order valence-electron chi connectivity index (χ0n) is 15.3. The lowest BCUT2D eigenvalue weighted by Gasteiger charge is -2.11. The maximum absolute atomic E-state index is 12.7. The van der Waals surface area contributed by atoms with Crippen LogP contribution in [0.15, 0.2) is 70.8 Å². The highest BCUT2D eigenvalue weighted by Crippen LogP contribution is 2.26. The van der Waals surface area contributed by atoms with Gasteiger partial charge in [-0.05, 0) is 43.3 Å². The number of Topliss-reactive ketones (excluding diaryl/α,β-unsaturated/α-hetero) is 1. The standard InChI is InChI=1S/C22H15ClN2O4/c1-13(26)14-2-4-15(5-3-14)20-11-10-18(29-20)12-19-21(27)25(22(28)24-19)17-8-6-16(23)7-9-17/h2-12H,1H3,(H,24,28)/b19-12+. The average molecular weight is 407 g/mol. The van der Waals surface area contributed by atoms with Gasteiger partial charge in [0.1, 0.15) is 17.2 Å². The number of amides is 3. The van der Waals surface area contributed by atoms with Crippen molar-refractivity contribution in [2.24, 2.45) is 0 Å². The Balaban J connectivity index is 1.57. The minimum absolute atomic E-state index is 0.0119. The molecule has 1 aliphatic heterocycles. The highest BCUT2D eigenvalue weighted by molar-refractivity contribution is 6.31. The number of nitrogens with zero attached hydrogens (tertiary/aromatic N) is 1. The lowest BCUT2D eigenvalue weighted by atomic mass is 10.1. The molecule has 0 bridgehead atoms. The normalized spacial score (nSPS) is 15.1. The minimum Gasteiger partial charge on any atom is -0.457 e. The summed E-state index contributed by atoms with van der Waals surface area (Å²) in [5.74, 6) is 0.499. The molecule has 1 saturated heterocycles. The number of imide groups is 1. The van der Waals surface area contributed by atoms with Crippen LogP contribution in [0.1, 0.15) is 23.0 Å². The Morgan fingerprint density at radius 1 is 1.00 bits per heavy atom. The molecule has 7 heteroatoms. The minimum atomic E-state index is -0.546. The number of carbonyl (C=O) groups excluding carboxylic acids is 3. The lowest BCUT2D eigenvalue weighted by Crippen LogP contribution is -2.30. The van der Waals surface area contributed by atoms with Gasteiger partial charge in [-0.1, -0.05) is 35.9 Å². The highest BCUT2D eigenvalue weighted by atomic mass is 35.5. The summed E-state index contributed by atoms with van der Waals surface area (Å²) in [5.41, 5.74) is 1.94. The van der Waals surface area contributed by atoms with Gasteiger partial charge in [0, 0.05) is 22.2 Å². The summed E-state index contributed by atoms with van der Waals surface area (Å²) in [6, 6.07) is 16.3. The summed E-state index contributed by atoms with van der Waals surface area (Å²) < 4.78 is 5.77. The summed E-state index contributed by atoms with van der Waals surface area (Å²) >= 11 is 5.86. The topological polar surface area (TPSA) is 79.6 Å². The van der Waals surface area contributed by atoms with E-state index >= 15 is 0 Å². The van der Waals surface area contributed by atoms with Crippen LogP contribution in [0.25, 0.3) is 17.4 Å². The maximum atomic E-state index is 12.7. The van der Waals surface area contributed by atoms with Gasteiger partial charge < -0.3 is 9.73 Å². The van der Waals surface area contributed by atoms with Crippen molar-refractivity contribution in [1.29, 1.82) is 0 Å². The van der Waals surface area contributed by atoms with Crippen LogP contribution in [0.5, 0.6) is 0 Å². The molecule has 29 heavy (non-hydrogen) atoms.